The Kier molecular flexibility index (Phi) is 8.99. The molecule has 0 aliphatic carbocycles. The molecular weight excluding hydrogens is 500 g/mol. The number of nitrogens with one attached hydrogen (secondary N) is 2. The van der Waals surface area contributed by atoms with Gasteiger partial charge in [-0.05, 0) is 72.7 Å². The predicted octanol–water partition coefficient (Wildman–Crippen LogP) is 5.57. The van der Waals surface area contributed by atoms with Crippen molar-refractivity contribution in [3.05, 3.63) is 100 Å². The van der Waals surface area contributed by atoms with Crippen LogP contribution >= 0.6 is 15.9 Å². The molecule has 2 N–H and O–H groups in total. The Labute approximate surface area is 205 Å². The standard InChI is InChI=1S/C26H23BrN2O5/c1-2-33-26(32)34-23-13-9-20(10-14-23)25(31)29-22-11-6-19(7-12-22)17-28-24(30)15-8-18-4-3-5-21(27)16-18/h3-16H,2,17H2,1H3,(H,28,30)(H,29,31)/b15-8+. The molecule has 0 atom stereocenters. The van der Waals surface area contributed by atoms with Crippen LogP contribution in [0.25, 0.3) is 6.08 Å². The first kappa shape index (κ1) is 24.7. The Hall–Kier alpha value is -3.91. The van der Waals surface area contributed by atoms with Crippen LogP contribution in [0.4, 0.5) is 10.5 Å². The van der Waals surface area contributed by atoms with Crippen molar-refractivity contribution in [2.75, 3.05) is 11.9 Å². The fourth-order valence-electron chi connectivity index (χ4n) is 2.86. The van der Waals surface area contributed by atoms with E-state index in [1.54, 1.807) is 37.3 Å². The molecule has 8 heteroatoms. The Morgan fingerprint density at radius 2 is 1.71 bits per heavy atom. The number of rotatable bonds is 8. The Bertz CT molecular complexity index is 1170. The van der Waals surface area contributed by atoms with Gasteiger partial charge >= 0.3 is 6.16 Å². The molecule has 0 bridgehead atoms. The SMILES string of the molecule is CCOC(=O)Oc1ccc(C(=O)Nc2ccc(CNC(=O)/C=C/c3cccc(Br)c3)cc2)cc1. The largest absolute Gasteiger partial charge is 0.513 e. The third kappa shape index (κ3) is 7.90. The smallest absolute Gasteiger partial charge is 0.434 e. The summed E-state index contributed by atoms with van der Waals surface area (Å²) >= 11 is 3.40. The number of carbonyl (C=O) groups is 3. The normalized spacial score (nSPS) is 10.5. The molecule has 0 aromatic heterocycles. The van der Waals surface area contributed by atoms with E-state index in [9.17, 15) is 14.4 Å². The summed E-state index contributed by atoms with van der Waals surface area (Å²) in [6.07, 6.45) is 2.43. The topological polar surface area (TPSA) is 93.7 Å². The lowest BCUT2D eigenvalue weighted by Crippen LogP contribution is -2.20. The molecule has 3 rings (SSSR count). The fourth-order valence-corrected chi connectivity index (χ4v) is 3.27. The quantitative estimate of drug-likeness (QED) is 0.229. The van der Waals surface area contributed by atoms with Gasteiger partial charge in [0.2, 0.25) is 5.91 Å². The van der Waals surface area contributed by atoms with Gasteiger partial charge in [0.15, 0.2) is 0 Å². The first-order valence-electron chi connectivity index (χ1n) is 10.5. The highest BCUT2D eigenvalue weighted by atomic mass is 79.9. The van der Waals surface area contributed by atoms with Crippen molar-refractivity contribution < 1.29 is 23.9 Å². The summed E-state index contributed by atoms with van der Waals surface area (Å²) < 4.78 is 10.6. The lowest BCUT2D eigenvalue weighted by atomic mass is 10.1. The van der Waals surface area contributed by atoms with Gasteiger partial charge in [0.1, 0.15) is 5.75 Å². The summed E-state index contributed by atoms with van der Waals surface area (Å²) in [7, 11) is 0. The number of ether oxygens (including phenoxy) is 2. The molecule has 0 fully saturated rings. The minimum absolute atomic E-state index is 0.201. The average Bonchev–Trinajstić information content (AvgIpc) is 2.83. The molecule has 0 spiro atoms. The Morgan fingerprint density at radius 3 is 2.38 bits per heavy atom. The molecule has 0 heterocycles. The summed E-state index contributed by atoms with van der Waals surface area (Å²) in [5.41, 5.74) is 2.83. The number of halogens is 1. The summed E-state index contributed by atoms with van der Waals surface area (Å²) in [5.74, 6) is -0.220. The van der Waals surface area contributed by atoms with Crippen molar-refractivity contribution in [1.82, 2.24) is 5.32 Å². The van der Waals surface area contributed by atoms with Crippen molar-refractivity contribution in [3.63, 3.8) is 0 Å². The van der Waals surface area contributed by atoms with E-state index >= 15 is 0 Å². The number of benzene rings is 3. The van der Waals surface area contributed by atoms with Crippen LogP contribution in [-0.2, 0) is 16.1 Å². The van der Waals surface area contributed by atoms with Gasteiger partial charge in [-0.15, -0.1) is 0 Å². The zero-order valence-electron chi connectivity index (χ0n) is 18.4. The van der Waals surface area contributed by atoms with Gasteiger partial charge in [-0.1, -0.05) is 40.2 Å². The minimum atomic E-state index is -0.795. The van der Waals surface area contributed by atoms with Crippen LogP contribution < -0.4 is 15.4 Å². The highest BCUT2D eigenvalue weighted by molar-refractivity contribution is 9.10. The second kappa shape index (κ2) is 12.4. The number of amides is 2. The van der Waals surface area contributed by atoms with Crippen LogP contribution in [0.15, 0.2) is 83.3 Å². The van der Waals surface area contributed by atoms with Crippen LogP contribution in [0.5, 0.6) is 5.75 Å². The average molecular weight is 523 g/mol. The van der Waals surface area contributed by atoms with Crippen LogP contribution in [-0.4, -0.2) is 24.6 Å². The summed E-state index contributed by atoms with van der Waals surface area (Å²) in [6.45, 7) is 2.26. The highest BCUT2D eigenvalue weighted by Gasteiger charge is 2.09. The molecule has 7 nitrogen and oxygen atoms in total. The van der Waals surface area contributed by atoms with Crippen LogP contribution in [0.2, 0.25) is 0 Å². The first-order chi connectivity index (χ1) is 16.4. The van der Waals surface area contributed by atoms with Crippen molar-refractivity contribution in [2.45, 2.75) is 13.5 Å². The molecule has 0 unspecified atom stereocenters. The molecule has 0 aliphatic rings. The fraction of sp³-hybridized carbons (Fsp3) is 0.115. The third-order valence-corrected chi connectivity index (χ3v) is 5.03. The van der Waals surface area contributed by atoms with Crippen molar-refractivity contribution >= 4 is 45.7 Å². The zero-order chi connectivity index (χ0) is 24.3. The summed E-state index contributed by atoms with van der Waals surface area (Å²) in [4.78, 5) is 35.8. The van der Waals surface area contributed by atoms with Crippen molar-refractivity contribution in [2.24, 2.45) is 0 Å². The van der Waals surface area contributed by atoms with E-state index in [4.69, 9.17) is 9.47 Å². The van der Waals surface area contributed by atoms with Crippen LogP contribution in [0.1, 0.15) is 28.4 Å². The van der Waals surface area contributed by atoms with E-state index in [1.807, 2.05) is 36.4 Å². The van der Waals surface area contributed by atoms with Crippen LogP contribution in [0.3, 0.4) is 0 Å². The summed E-state index contributed by atoms with van der Waals surface area (Å²) in [5, 5.41) is 5.63. The number of carbonyl (C=O) groups excluding carboxylic acids is 3. The maximum atomic E-state index is 12.4. The molecule has 3 aromatic rings. The van der Waals surface area contributed by atoms with Gasteiger partial charge in [-0.2, -0.15) is 0 Å². The minimum Gasteiger partial charge on any atom is -0.434 e. The van der Waals surface area contributed by atoms with Gasteiger partial charge in [0, 0.05) is 28.3 Å². The van der Waals surface area contributed by atoms with Crippen LogP contribution in [0, 0.1) is 0 Å². The molecular formula is C26H23BrN2O5. The molecule has 0 saturated heterocycles. The van der Waals surface area contributed by atoms with E-state index in [0.29, 0.717) is 17.8 Å². The zero-order valence-corrected chi connectivity index (χ0v) is 20.0. The number of hydrogen-bond donors (Lipinski definition) is 2. The first-order valence-corrected chi connectivity index (χ1v) is 11.3. The third-order valence-electron chi connectivity index (χ3n) is 4.53. The van der Waals surface area contributed by atoms with Crippen molar-refractivity contribution in [1.29, 1.82) is 0 Å². The molecule has 0 radical (unpaired) electrons. The second-order valence-corrected chi connectivity index (χ2v) is 7.98. The Balaban J connectivity index is 1.48. The second-order valence-electron chi connectivity index (χ2n) is 7.07. The Morgan fingerprint density at radius 1 is 0.971 bits per heavy atom. The number of anilines is 1. The monoisotopic (exact) mass is 522 g/mol. The van der Waals surface area contributed by atoms with Gasteiger partial charge < -0.3 is 20.1 Å². The highest BCUT2D eigenvalue weighted by Crippen LogP contribution is 2.16. The molecule has 0 aliphatic heterocycles. The van der Waals surface area contributed by atoms with Gasteiger partial charge in [0.25, 0.3) is 5.91 Å². The molecule has 0 saturated carbocycles. The maximum absolute atomic E-state index is 12.4. The number of hydrogen-bond acceptors (Lipinski definition) is 5. The van der Waals surface area contributed by atoms with Gasteiger partial charge in [-0.3, -0.25) is 9.59 Å². The van der Waals surface area contributed by atoms with Gasteiger partial charge in [0.05, 0.1) is 6.61 Å². The van der Waals surface area contributed by atoms with Gasteiger partial charge in [-0.25, -0.2) is 4.79 Å². The lowest BCUT2D eigenvalue weighted by Gasteiger charge is -2.08. The van der Waals surface area contributed by atoms with E-state index in [0.717, 1.165) is 15.6 Å². The molecule has 174 valence electrons. The maximum Gasteiger partial charge on any atom is 0.513 e. The van der Waals surface area contributed by atoms with Crippen molar-refractivity contribution in [3.8, 4) is 5.75 Å². The van der Waals surface area contributed by atoms with E-state index < -0.39 is 6.16 Å². The molecule has 2 amide bonds. The lowest BCUT2D eigenvalue weighted by molar-refractivity contribution is -0.116. The van der Waals surface area contributed by atoms with E-state index in [2.05, 4.69) is 26.6 Å². The van der Waals surface area contributed by atoms with E-state index in [-0.39, 0.29) is 24.2 Å². The van der Waals surface area contributed by atoms with E-state index in [1.165, 1.54) is 18.2 Å². The molecule has 34 heavy (non-hydrogen) atoms. The molecule has 3 aromatic carbocycles. The summed E-state index contributed by atoms with van der Waals surface area (Å²) in [6, 6.07) is 20.9. The predicted molar refractivity (Wildman–Crippen MR) is 134 cm³/mol.